The molecule has 1 aliphatic rings. The van der Waals surface area contributed by atoms with E-state index < -0.39 is 0 Å². The third-order valence-corrected chi connectivity index (χ3v) is 4.78. The summed E-state index contributed by atoms with van der Waals surface area (Å²) in [6.45, 7) is 3.97. The van der Waals surface area contributed by atoms with Gasteiger partial charge in [0, 0.05) is 24.2 Å². The Morgan fingerprint density at radius 3 is 2.79 bits per heavy atom. The zero-order chi connectivity index (χ0) is 16.8. The number of aryl methyl sites for hydroxylation is 1. The number of thiazole rings is 1. The molecule has 6 heteroatoms. The minimum Gasteiger partial charge on any atom is -0.380 e. The molecular formula is C18H24N4OS. The quantitative estimate of drug-likeness (QED) is 0.599. The molecule has 2 N–H and O–H groups in total. The maximum atomic E-state index is 5.27. The van der Waals surface area contributed by atoms with Crippen LogP contribution in [0.1, 0.15) is 34.7 Å². The number of hydrogen-bond donors (Lipinski definition) is 2. The minimum absolute atomic E-state index is 0.559. The number of aromatic nitrogens is 1. The highest BCUT2D eigenvalue weighted by atomic mass is 32.1. The smallest absolute Gasteiger partial charge is 0.192 e. The van der Waals surface area contributed by atoms with E-state index in [9.17, 15) is 0 Å². The summed E-state index contributed by atoms with van der Waals surface area (Å²) in [4.78, 5) is 9.25. The molecule has 0 amide bonds. The fourth-order valence-electron chi connectivity index (χ4n) is 2.39. The standard InChI is InChI=1S/C18H24N4OS/c1-13-12-24-17(21-13)10-20-18(22-16-7-8-16)19-9-14-5-3-4-6-15(14)11-23-2/h3-6,12,16H,7-11H2,1-2H3,(H2,19,20,22). The highest BCUT2D eigenvalue weighted by Crippen LogP contribution is 2.19. The molecule has 5 nitrogen and oxygen atoms in total. The van der Waals surface area contributed by atoms with E-state index in [4.69, 9.17) is 9.73 Å². The molecule has 1 aromatic carbocycles. The van der Waals surface area contributed by atoms with Gasteiger partial charge in [-0.05, 0) is 30.9 Å². The topological polar surface area (TPSA) is 58.5 Å². The van der Waals surface area contributed by atoms with Gasteiger partial charge in [0.2, 0.25) is 0 Å². The van der Waals surface area contributed by atoms with Gasteiger partial charge in [0.25, 0.3) is 0 Å². The summed E-state index contributed by atoms with van der Waals surface area (Å²) in [6, 6.07) is 8.84. The maximum Gasteiger partial charge on any atom is 0.192 e. The molecule has 24 heavy (non-hydrogen) atoms. The second-order valence-electron chi connectivity index (χ2n) is 6.02. The van der Waals surface area contributed by atoms with Crippen molar-refractivity contribution in [3.63, 3.8) is 0 Å². The summed E-state index contributed by atoms with van der Waals surface area (Å²) in [5.41, 5.74) is 3.45. The predicted octanol–water partition coefficient (Wildman–Crippen LogP) is 3.00. The van der Waals surface area contributed by atoms with E-state index in [1.165, 1.54) is 24.0 Å². The Hall–Kier alpha value is -1.92. The van der Waals surface area contributed by atoms with Crippen LogP contribution in [0.4, 0.5) is 0 Å². The number of aliphatic imine (C=N–C) groups is 1. The SMILES string of the molecule is COCc1ccccc1CN=C(NCc1nc(C)cs1)NC1CC1. The van der Waals surface area contributed by atoms with E-state index in [0.717, 1.165) is 16.7 Å². The number of rotatable bonds is 7. The Balaban J connectivity index is 1.65. The first-order valence-electron chi connectivity index (χ1n) is 8.26. The van der Waals surface area contributed by atoms with Gasteiger partial charge in [-0.25, -0.2) is 9.98 Å². The Bertz CT molecular complexity index is 694. The van der Waals surface area contributed by atoms with Gasteiger partial charge < -0.3 is 15.4 Å². The summed E-state index contributed by atoms with van der Waals surface area (Å²) in [5, 5.41) is 10.0. The van der Waals surface area contributed by atoms with Gasteiger partial charge in [-0.3, -0.25) is 0 Å². The molecule has 0 radical (unpaired) electrons. The summed E-state index contributed by atoms with van der Waals surface area (Å²) in [5.74, 6) is 0.859. The summed E-state index contributed by atoms with van der Waals surface area (Å²) >= 11 is 1.68. The molecule has 0 atom stereocenters. The number of guanidine groups is 1. The lowest BCUT2D eigenvalue weighted by atomic mass is 10.1. The minimum atomic E-state index is 0.559. The molecule has 1 aliphatic carbocycles. The Kier molecular flexibility index (Phi) is 5.82. The zero-order valence-corrected chi connectivity index (χ0v) is 15.0. The maximum absolute atomic E-state index is 5.27. The molecule has 128 valence electrons. The van der Waals surface area contributed by atoms with Gasteiger partial charge >= 0.3 is 0 Å². The van der Waals surface area contributed by atoms with Crippen molar-refractivity contribution in [2.75, 3.05) is 7.11 Å². The lowest BCUT2D eigenvalue weighted by Gasteiger charge is -2.12. The Morgan fingerprint density at radius 2 is 2.12 bits per heavy atom. The molecule has 0 saturated heterocycles. The van der Waals surface area contributed by atoms with Gasteiger partial charge in [-0.2, -0.15) is 0 Å². The lowest BCUT2D eigenvalue weighted by molar-refractivity contribution is 0.184. The Labute approximate surface area is 147 Å². The van der Waals surface area contributed by atoms with Crippen LogP contribution >= 0.6 is 11.3 Å². The first-order chi connectivity index (χ1) is 11.7. The van der Waals surface area contributed by atoms with Crippen LogP contribution in [-0.2, 0) is 24.4 Å². The first-order valence-corrected chi connectivity index (χ1v) is 9.14. The summed E-state index contributed by atoms with van der Waals surface area (Å²) < 4.78 is 5.27. The molecular weight excluding hydrogens is 320 g/mol. The molecule has 0 bridgehead atoms. The van der Waals surface area contributed by atoms with Crippen molar-refractivity contribution in [2.45, 2.75) is 45.5 Å². The van der Waals surface area contributed by atoms with E-state index in [1.54, 1.807) is 18.4 Å². The van der Waals surface area contributed by atoms with E-state index in [-0.39, 0.29) is 0 Å². The molecule has 3 rings (SSSR count). The highest BCUT2D eigenvalue weighted by molar-refractivity contribution is 7.09. The fourth-order valence-corrected chi connectivity index (χ4v) is 3.10. The zero-order valence-electron chi connectivity index (χ0n) is 14.2. The first kappa shape index (κ1) is 16.9. The average molecular weight is 344 g/mol. The molecule has 0 spiro atoms. The lowest BCUT2D eigenvalue weighted by Crippen LogP contribution is -2.38. The average Bonchev–Trinajstić information content (AvgIpc) is 3.31. The van der Waals surface area contributed by atoms with E-state index in [1.807, 2.05) is 19.1 Å². The van der Waals surface area contributed by atoms with Crippen LogP contribution in [0.5, 0.6) is 0 Å². The van der Waals surface area contributed by atoms with Crippen molar-refractivity contribution < 1.29 is 4.74 Å². The molecule has 0 aliphatic heterocycles. The number of ether oxygens (including phenoxy) is 1. The van der Waals surface area contributed by atoms with Gasteiger partial charge in [0.1, 0.15) is 5.01 Å². The largest absolute Gasteiger partial charge is 0.380 e. The van der Waals surface area contributed by atoms with Crippen molar-refractivity contribution in [2.24, 2.45) is 4.99 Å². The van der Waals surface area contributed by atoms with E-state index in [0.29, 0.717) is 25.7 Å². The molecule has 1 fully saturated rings. The van der Waals surface area contributed by atoms with Gasteiger partial charge in [-0.1, -0.05) is 24.3 Å². The van der Waals surface area contributed by atoms with Crippen molar-refractivity contribution in [3.05, 3.63) is 51.5 Å². The van der Waals surface area contributed by atoms with Crippen LogP contribution < -0.4 is 10.6 Å². The number of methoxy groups -OCH3 is 1. The van der Waals surface area contributed by atoms with Crippen LogP contribution in [0.2, 0.25) is 0 Å². The normalized spacial score (nSPS) is 14.7. The number of hydrogen-bond acceptors (Lipinski definition) is 4. The second kappa shape index (κ2) is 8.26. The van der Waals surface area contributed by atoms with Gasteiger partial charge in [-0.15, -0.1) is 11.3 Å². The monoisotopic (exact) mass is 344 g/mol. The summed E-state index contributed by atoms with van der Waals surface area (Å²) in [6.07, 6.45) is 2.44. The van der Waals surface area contributed by atoms with Crippen molar-refractivity contribution in [3.8, 4) is 0 Å². The fraction of sp³-hybridized carbons (Fsp3) is 0.444. The van der Waals surface area contributed by atoms with E-state index >= 15 is 0 Å². The van der Waals surface area contributed by atoms with Crippen LogP contribution in [-0.4, -0.2) is 24.1 Å². The number of nitrogens with one attached hydrogen (secondary N) is 2. The van der Waals surface area contributed by atoms with Crippen molar-refractivity contribution >= 4 is 17.3 Å². The van der Waals surface area contributed by atoms with Crippen molar-refractivity contribution in [1.29, 1.82) is 0 Å². The predicted molar refractivity (Wildman–Crippen MR) is 98.1 cm³/mol. The molecule has 1 aromatic heterocycles. The van der Waals surface area contributed by atoms with Crippen LogP contribution in [0, 0.1) is 6.92 Å². The summed E-state index contributed by atoms with van der Waals surface area (Å²) in [7, 11) is 1.72. The molecule has 1 saturated carbocycles. The number of benzene rings is 1. The van der Waals surface area contributed by atoms with Gasteiger partial charge in [0.15, 0.2) is 5.96 Å². The van der Waals surface area contributed by atoms with Crippen molar-refractivity contribution in [1.82, 2.24) is 15.6 Å². The highest BCUT2D eigenvalue weighted by Gasteiger charge is 2.22. The van der Waals surface area contributed by atoms with E-state index in [2.05, 4.69) is 33.1 Å². The van der Waals surface area contributed by atoms with Crippen LogP contribution in [0.15, 0.2) is 34.6 Å². The van der Waals surface area contributed by atoms with Crippen LogP contribution in [0.25, 0.3) is 0 Å². The third-order valence-electron chi connectivity index (χ3n) is 3.82. The number of nitrogens with zero attached hydrogens (tertiary/aromatic N) is 2. The van der Waals surface area contributed by atoms with Crippen LogP contribution in [0.3, 0.4) is 0 Å². The molecule has 2 aromatic rings. The second-order valence-corrected chi connectivity index (χ2v) is 6.96. The molecule has 0 unspecified atom stereocenters. The van der Waals surface area contributed by atoms with Gasteiger partial charge in [0.05, 0.1) is 19.7 Å². The molecule has 1 heterocycles. The Morgan fingerprint density at radius 1 is 1.33 bits per heavy atom. The third kappa shape index (κ3) is 5.04.